The zero-order valence-corrected chi connectivity index (χ0v) is 28.8. The van der Waals surface area contributed by atoms with E-state index in [1.807, 2.05) is 20.9 Å². The number of esters is 1. The quantitative estimate of drug-likeness (QED) is 0.286. The van der Waals surface area contributed by atoms with Gasteiger partial charge in [-0.15, -0.1) is 12.3 Å². The van der Waals surface area contributed by atoms with Crippen molar-refractivity contribution in [3.63, 3.8) is 0 Å². The summed E-state index contributed by atoms with van der Waals surface area (Å²) in [5.41, 5.74) is -3.01. The Hall–Kier alpha value is -1.58. The van der Waals surface area contributed by atoms with Crippen LogP contribution in [0.15, 0.2) is 0 Å². The first-order chi connectivity index (χ1) is 20.4. The molecule has 10 heteroatoms. The summed E-state index contributed by atoms with van der Waals surface area (Å²) in [6, 6.07) is 0.125. The fourth-order valence-electron chi connectivity index (χ4n) is 7.22. The lowest BCUT2D eigenvalue weighted by atomic mass is 9.74. The van der Waals surface area contributed by atoms with Gasteiger partial charge in [-0.3, -0.25) is 9.59 Å². The van der Waals surface area contributed by atoms with Crippen molar-refractivity contribution in [3.05, 3.63) is 0 Å². The van der Waals surface area contributed by atoms with Gasteiger partial charge in [0.1, 0.15) is 17.5 Å². The lowest BCUT2D eigenvalue weighted by molar-refractivity contribution is -0.288. The van der Waals surface area contributed by atoms with Crippen LogP contribution in [0, 0.1) is 41.9 Å². The second kappa shape index (κ2) is 15.8. The number of terminal acetylenes is 1. The average Bonchev–Trinajstić information content (AvgIpc) is 2.99. The van der Waals surface area contributed by atoms with Crippen LogP contribution in [-0.4, -0.2) is 107 Å². The number of carbonyl (C=O) groups excluding carboxylic acids is 2. The number of hydrogen-bond donors (Lipinski definition) is 3. The van der Waals surface area contributed by atoms with Crippen molar-refractivity contribution in [3.8, 4) is 12.3 Å². The summed E-state index contributed by atoms with van der Waals surface area (Å²) in [6.45, 7) is 16.4. The summed E-state index contributed by atoms with van der Waals surface area (Å²) < 4.78 is 25.0. The highest BCUT2D eigenvalue weighted by molar-refractivity contribution is 5.83. The number of ether oxygens (including phenoxy) is 4. The van der Waals surface area contributed by atoms with Gasteiger partial charge in [0, 0.05) is 49.8 Å². The van der Waals surface area contributed by atoms with Crippen LogP contribution in [-0.2, 0) is 28.5 Å². The smallest absolute Gasteiger partial charge is 0.311 e. The molecule has 2 saturated heterocycles. The number of aliphatic hydroxyl groups is 3. The Kier molecular flexibility index (Phi) is 13.9. The van der Waals surface area contributed by atoms with Crippen LogP contribution in [0.2, 0.25) is 0 Å². The number of nitrogens with zero attached hydrogens (tertiary/aromatic N) is 1. The molecule has 44 heavy (non-hydrogen) atoms. The lowest BCUT2D eigenvalue weighted by Gasteiger charge is -2.49. The van der Waals surface area contributed by atoms with Crippen LogP contribution in [0.4, 0.5) is 0 Å². The van der Waals surface area contributed by atoms with Gasteiger partial charge >= 0.3 is 5.97 Å². The molecule has 0 saturated carbocycles. The molecule has 0 amide bonds. The summed E-state index contributed by atoms with van der Waals surface area (Å²) in [5, 5.41) is 34.1. The maximum atomic E-state index is 13.7. The summed E-state index contributed by atoms with van der Waals surface area (Å²) in [7, 11) is 3.57. The van der Waals surface area contributed by atoms with Crippen molar-refractivity contribution < 1.29 is 43.9 Å². The molecule has 10 nitrogen and oxygen atoms in total. The molecule has 0 unspecified atom stereocenters. The van der Waals surface area contributed by atoms with Gasteiger partial charge in [-0.2, -0.15) is 0 Å². The zero-order chi connectivity index (χ0) is 33.7. The molecule has 0 spiro atoms. The number of hydrogen-bond acceptors (Lipinski definition) is 10. The van der Waals surface area contributed by atoms with E-state index in [2.05, 4.69) is 17.7 Å². The van der Waals surface area contributed by atoms with Crippen molar-refractivity contribution in [1.29, 1.82) is 0 Å². The van der Waals surface area contributed by atoms with Gasteiger partial charge in [0.25, 0.3) is 0 Å². The largest absolute Gasteiger partial charge is 0.459 e. The van der Waals surface area contributed by atoms with Crippen molar-refractivity contribution >= 4 is 11.8 Å². The molecule has 0 aromatic rings. The van der Waals surface area contributed by atoms with Crippen LogP contribution in [0.25, 0.3) is 0 Å². The maximum Gasteiger partial charge on any atom is 0.311 e. The molecular formula is C34H59NO9. The molecule has 0 aromatic heterocycles. The maximum absolute atomic E-state index is 13.7. The molecule has 254 valence electrons. The van der Waals surface area contributed by atoms with Crippen molar-refractivity contribution in [1.82, 2.24) is 4.90 Å². The third-order valence-corrected chi connectivity index (χ3v) is 10.4. The number of Topliss-reactive ketones (excluding diaryl/α,β-unsaturated/α-hetero) is 1. The molecule has 2 fully saturated rings. The highest BCUT2D eigenvalue weighted by Crippen LogP contribution is 2.40. The summed E-state index contributed by atoms with van der Waals surface area (Å²) in [4.78, 5) is 29.3. The molecular weight excluding hydrogens is 566 g/mol. The standard InChI is InChI=1S/C34H59NO9/c1-13-15-16-35(11)25-17-20(4)42-32(21(25)5)44-30-23(7)28(37)24(8)31(39)43-26(14-2)34(10,40)29(38)22(6)27(36)19(3)18-33(30,9)41-12/h1,19-26,28-30,32,37-38,40H,14-18H2,2-12H3/t19-,20-,21-,22+,23+,24-,25+,26-,28+,29-,30-,32+,33-,34-/m1/s1. The van der Waals surface area contributed by atoms with Gasteiger partial charge in [-0.1, -0.05) is 34.6 Å². The number of ketones is 1. The number of carbonyl (C=O) groups is 2. The van der Waals surface area contributed by atoms with Crippen molar-refractivity contribution in [2.24, 2.45) is 29.6 Å². The van der Waals surface area contributed by atoms with E-state index in [0.29, 0.717) is 6.42 Å². The molecule has 2 aliphatic heterocycles. The second-order valence-corrected chi connectivity index (χ2v) is 13.9. The highest BCUT2D eigenvalue weighted by atomic mass is 16.7. The summed E-state index contributed by atoms with van der Waals surface area (Å²) in [5.74, 6) is -1.60. The van der Waals surface area contributed by atoms with Crippen LogP contribution < -0.4 is 0 Å². The van der Waals surface area contributed by atoms with Gasteiger partial charge in [-0.25, -0.2) is 0 Å². The Bertz CT molecular complexity index is 998. The van der Waals surface area contributed by atoms with E-state index in [1.54, 1.807) is 34.6 Å². The Morgan fingerprint density at radius 1 is 1.07 bits per heavy atom. The number of rotatable bonds is 7. The first-order valence-electron chi connectivity index (χ1n) is 16.2. The van der Waals surface area contributed by atoms with Crippen molar-refractivity contribution in [2.75, 3.05) is 20.7 Å². The molecule has 0 aliphatic carbocycles. The minimum absolute atomic E-state index is 0.0725. The molecule has 2 rings (SSSR count). The third-order valence-electron chi connectivity index (χ3n) is 10.4. The number of methoxy groups -OCH3 is 1. The monoisotopic (exact) mass is 625 g/mol. The molecule has 14 atom stereocenters. The van der Waals surface area contributed by atoms with Gasteiger partial charge in [0.05, 0.1) is 35.9 Å². The Balaban J connectivity index is 2.58. The normalized spacial score (nSPS) is 45.0. The highest BCUT2D eigenvalue weighted by Gasteiger charge is 2.51. The molecule has 0 bridgehead atoms. The van der Waals surface area contributed by atoms with Gasteiger partial charge < -0.3 is 39.2 Å². The molecule has 3 N–H and O–H groups in total. The number of cyclic esters (lactones) is 1. The predicted molar refractivity (Wildman–Crippen MR) is 167 cm³/mol. The topological polar surface area (TPSA) is 135 Å². The summed E-state index contributed by atoms with van der Waals surface area (Å²) >= 11 is 0. The second-order valence-electron chi connectivity index (χ2n) is 13.9. The minimum Gasteiger partial charge on any atom is -0.459 e. The minimum atomic E-state index is -1.90. The van der Waals surface area contributed by atoms with E-state index in [0.717, 1.165) is 13.0 Å². The number of aliphatic hydroxyl groups excluding tert-OH is 2. The van der Waals surface area contributed by atoms with Gasteiger partial charge in [0.15, 0.2) is 6.29 Å². The predicted octanol–water partition coefficient (Wildman–Crippen LogP) is 3.18. The Morgan fingerprint density at radius 2 is 1.68 bits per heavy atom. The van der Waals surface area contributed by atoms with Crippen LogP contribution in [0.3, 0.4) is 0 Å². The van der Waals surface area contributed by atoms with E-state index in [4.69, 9.17) is 25.4 Å². The molecule has 2 aliphatic rings. The van der Waals surface area contributed by atoms with E-state index in [9.17, 15) is 24.9 Å². The zero-order valence-electron chi connectivity index (χ0n) is 28.8. The first-order valence-corrected chi connectivity index (χ1v) is 16.2. The van der Waals surface area contributed by atoms with Crippen LogP contribution >= 0.6 is 0 Å². The Morgan fingerprint density at radius 3 is 2.23 bits per heavy atom. The van der Waals surface area contributed by atoms with E-state index in [1.165, 1.54) is 14.0 Å². The van der Waals surface area contributed by atoms with E-state index in [-0.39, 0.29) is 36.7 Å². The van der Waals surface area contributed by atoms with Crippen LogP contribution in [0.1, 0.15) is 88.0 Å². The molecule has 0 radical (unpaired) electrons. The summed E-state index contributed by atoms with van der Waals surface area (Å²) in [6.07, 6.45) is 1.92. The van der Waals surface area contributed by atoms with Crippen LogP contribution in [0.5, 0.6) is 0 Å². The lowest BCUT2D eigenvalue weighted by Crippen LogP contribution is -2.59. The van der Waals surface area contributed by atoms with E-state index < -0.39 is 71.5 Å². The molecule has 0 aromatic carbocycles. The van der Waals surface area contributed by atoms with E-state index >= 15 is 0 Å². The fraction of sp³-hybridized carbons (Fsp3) is 0.882. The first kappa shape index (κ1) is 38.6. The molecule has 2 heterocycles. The van der Waals surface area contributed by atoms with Gasteiger partial charge in [-0.05, 0) is 54.0 Å². The van der Waals surface area contributed by atoms with Gasteiger partial charge in [0.2, 0.25) is 0 Å². The third kappa shape index (κ3) is 8.41. The average molecular weight is 626 g/mol. The Labute approximate surface area is 265 Å². The van der Waals surface area contributed by atoms with Crippen molar-refractivity contribution in [2.45, 2.75) is 142 Å². The SMILES string of the molecule is C#CCCN(C)[C@H]1C[C@@H](C)O[C@@H](O[C@@H]2[C@@H](C)[C@H](O)[C@@H](C)C(=O)O[C@H](CC)[C@@](C)(O)[C@H](O)[C@@H](C)C(=O)[C@H](C)C[C@@]2(C)OC)[C@@H]1C. The fourth-order valence-corrected chi connectivity index (χ4v) is 7.22.